The zero-order valence-electron chi connectivity index (χ0n) is 10.0. The molecule has 0 radical (unpaired) electrons. The first-order valence-electron chi connectivity index (χ1n) is 5.33. The van der Waals surface area contributed by atoms with Crippen molar-refractivity contribution < 1.29 is 18.3 Å². The summed E-state index contributed by atoms with van der Waals surface area (Å²) >= 11 is 0. The number of benzene rings is 1. The molecule has 104 valence electrons. The van der Waals surface area contributed by atoms with E-state index in [2.05, 4.69) is 15.4 Å². The van der Waals surface area contributed by atoms with Crippen LogP contribution in [0.1, 0.15) is 21.7 Å². The Bertz CT molecular complexity index is 762. The molecule has 0 bridgehead atoms. The number of primary sulfonamides is 1. The van der Waals surface area contributed by atoms with Crippen molar-refractivity contribution in [1.82, 2.24) is 15.4 Å². The quantitative estimate of drug-likeness (QED) is 0.742. The zero-order valence-corrected chi connectivity index (χ0v) is 10.8. The van der Waals surface area contributed by atoms with Crippen LogP contribution in [0.4, 0.5) is 0 Å². The van der Waals surface area contributed by atoms with Crippen molar-refractivity contribution >= 4 is 28.1 Å². The van der Waals surface area contributed by atoms with Gasteiger partial charge in [0.2, 0.25) is 10.0 Å². The number of nitrogens with two attached hydrogens (primary N) is 1. The number of hydrogen-bond acceptors (Lipinski definition) is 5. The van der Waals surface area contributed by atoms with Crippen molar-refractivity contribution in [3.8, 4) is 0 Å². The van der Waals surface area contributed by atoms with E-state index in [0.717, 1.165) is 0 Å². The van der Waals surface area contributed by atoms with Crippen molar-refractivity contribution in [3.63, 3.8) is 0 Å². The molecule has 0 aliphatic rings. The number of hydrogen-bond donors (Lipinski definition) is 3. The maximum Gasteiger partial charge on any atom is 0.358 e. The first-order valence-corrected chi connectivity index (χ1v) is 6.88. The van der Waals surface area contributed by atoms with E-state index in [1.54, 1.807) is 18.2 Å². The summed E-state index contributed by atoms with van der Waals surface area (Å²) in [5.74, 6) is -1.19. The highest BCUT2D eigenvalue weighted by molar-refractivity contribution is 7.89. The maximum absolute atomic E-state index is 11.1. The number of nitrogens with zero attached hydrogens (tertiary/aromatic N) is 2. The summed E-state index contributed by atoms with van der Waals surface area (Å²) in [4.78, 5) is 10.8. The number of aromatic carboxylic acids is 1. The number of carbonyl (C=O) groups is 1. The highest BCUT2D eigenvalue weighted by Gasteiger charge is 2.11. The van der Waals surface area contributed by atoms with Gasteiger partial charge < -0.3 is 5.11 Å². The molecule has 2 aromatic rings. The van der Waals surface area contributed by atoms with Crippen LogP contribution in [0.5, 0.6) is 0 Å². The van der Waals surface area contributed by atoms with Crippen molar-refractivity contribution in [3.05, 3.63) is 41.2 Å². The summed E-state index contributed by atoms with van der Waals surface area (Å²) in [6, 6.07) is 5.80. The number of aromatic nitrogens is 3. The second kappa shape index (κ2) is 5.23. The molecule has 4 N–H and O–H groups in total. The Kier molecular flexibility index (Phi) is 3.63. The molecule has 0 saturated heterocycles. The van der Waals surface area contributed by atoms with Crippen LogP contribution in [-0.2, 0) is 10.0 Å². The summed E-state index contributed by atoms with van der Waals surface area (Å²) in [6.07, 6.45) is 3.07. The van der Waals surface area contributed by atoms with Gasteiger partial charge in [0.1, 0.15) is 0 Å². The molecule has 9 heteroatoms. The van der Waals surface area contributed by atoms with Crippen LogP contribution in [0.25, 0.3) is 12.2 Å². The lowest BCUT2D eigenvalue weighted by molar-refractivity contribution is 0.0690. The van der Waals surface area contributed by atoms with Gasteiger partial charge in [-0.3, -0.25) is 5.10 Å². The number of rotatable bonds is 4. The summed E-state index contributed by atoms with van der Waals surface area (Å²) in [5.41, 5.74) is 0.721. The Balaban J connectivity index is 2.24. The first-order chi connectivity index (χ1) is 9.38. The van der Waals surface area contributed by atoms with E-state index in [1.165, 1.54) is 18.2 Å². The minimum atomic E-state index is -3.72. The van der Waals surface area contributed by atoms with Crippen LogP contribution in [0.3, 0.4) is 0 Å². The first kappa shape index (κ1) is 13.9. The van der Waals surface area contributed by atoms with Gasteiger partial charge >= 0.3 is 5.97 Å². The van der Waals surface area contributed by atoms with Gasteiger partial charge in [-0.05, 0) is 23.8 Å². The van der Waals surface area contributed by atoms with E-state index in [4.69, 9.17) is 10.2 Å². The van der Waals surface area contributed by atoms with E-state index < -0.39 is 16.0 Å². The third kappa shape index (κ3) is 3.08. The summed E-state index contributed by atoms with van der Waals surface area (Å²) < 4.78 is 22.2. The second-order valence-electron chi connectivity index (χ2n) is 3.83. The highest BCUT2D eigenvalue weighted by Crippen LogP contribution is 2.12. The van der Waals surface area contributed by atoms with E-state index in [9.17, 15) is 13.2 Å². The molecule has 2 rings (SSSR count). The SMILES string of the molecule is NS(=O)(=O)c1ccc(C=Cc2[nH]nnc2C(=O)O)cc1. The molecule has 1 heterocycles. The van der Waals surface area contributed by atoms with Gasteiger partial charge in [-0.2, -0.15) is 0 Å². The molecule has 0 amide bonds. The van der Waals surface area contributed by atoms with Gasteiger partial charge in [0, 0.05) is 0 Å². The number of carboxylic acids is 1. The van der Waals surface area contributed by atoms with Crippen molar-refractivity contribution in [2.45, 2.75) is 4.90 Å². The molecule has 0 spiro atoms. The van der Waals surface area contributed by atoms with Gasteiger partial charge in [-0.25, -0.2) is 18.4 Å². The predicted octanol–water partition coefficient (Wildman–Crippen LogP) is 0.321. The summed E-state index contributed by atoms with van der Waals surface area (Å²) in [7, 11) is -3.72. The van der Waals surface area contributed by atoms with Crippen LogP contribution in [0.2, 0.25) is 0 Å². The molecule has 1 aromatic heterocycles. The van der Waals surface area contributed by atoms with Gasteiger partial charge in [0.15, 0.2) is 5.69 Å². The normalized spacial score (nSPS) is 11.8. The molecule has 0 unspecified atom stereocenters. The second-order valence-corrected chi connectivity index (χ2v) is 5.39. The fraction of sp³-hybridized carbons (Fsp3) is 0. The third-order valence-corrected chi connectivity index (χ3v) is 3.36. The predicted molar refractivity (Wildman–Crippen MR) is 70.1 cm³/mol. The van der Waals surface area contributed by atoms with Crippen molar-refractivity contribution in [1.29, 1.82) is 0 Å². The Labute approximate surface area is 114 Å². The number of carboxylic acid groups (broad SMARTS) is 1. The van der Waals surface area contributed by atoms with E-state index in [1.807, 2.05) is 0 Å². The molecular formula is C11H10N4O4S. The highest BCUT2D eigenvalue weighted by atomic mass is 32.2. The Morgan fingerprint density at radius 2 is 1.90 bits per heavy atom. The molecule has 20 heavy (non-hydrogen) atoms. The number of H-pyrrole nitrogens is 1. The number of sulfonamides is 1. The van der Waals surface area contributed by atoms with Crippen LogP contribution in [0, 0.1) is 0 Å². The molecule has 0 aliphatic heterocycles. The zero-order chi connectivity index (χ0) is 14.8. The standard InChI is InChI=1S/C11H10N4O4S/c12-20(18,19)8-4-1-7(2-5-8)3-6-9-10(11(16)17)14-15-13-9/h1-6H,(H,16,17)(H2,12,18,19)(H,13,14,15). The Hall–Kier alpha value is -2.52. The van der Waals surface area contributed by atoms with Gasteiger partial charge in [0.25, 0.3) is 0 Å². The largest absolute Gasteiger partial charge is 0.476 e. The van der Waals surface area contributed by atoms with Crippen LogP contribution in [-0.4, -0.2) is 34.9 Å². The van der Waals surface area contributed by atoms with Crippen molar-refractivity contribution in [2.24, 2.45) is 5.14 Å². The maximum atomic E-state index is 11.1. The van der Waals surface area contributed by atoms with E-state index in [-0.39, 0.29) is 16.3 Å². The van der Waals surface area contributed by atoms with Crippen LogP contribution in [0.15, 0.2) is 29.2 Å². The van der Waals surface area contributed by atoms with Crippen molar-refractivity contribution in [2.75, 3.05) is 0 Å². The monoisotopic (exact) mass is 294 g/mol. The molecule has 0 saturated carbocycles. The summed E-state index contributed by atoms with van der Waals surface area (Å²) in [5, 5.41) is 23.1. The van der Waals surface area contributed by atoms with E-state index in [0.29, 0.717) is 5.56 Å². The molecule has 0 aliphatic carbocycles. The fourth-order valence-corrected chi connectivity index (χ4v) is 1.97. The molecular weight excluding hydrogens is 284 g/mol. The summed E-state index contributed by atoms with van der Waals surface area (Å²) in [6.45, 7) is 0. The molecule has 1 aromatic carbocycles. The number of aromatic amines is 1. The average Bonchev–Trinajstić information content (AvgIpc) is 2.84. The molecule has 8 nitrogen and oxygen atoms in total. The third-order valence-electron chi connectivity index (χ3n) is 2.43. The van der Waals surface area contributed by atoms with Gasteiger partial charge in [-0.1, -0.05) is 23.4 Å². The average molecular weight is 294 g/mol. The fourth-order valence-electron chi connectivity index (χ4n) is 1.46. The Morgan fingerprint density at radius 3 is 2.45 bits per heavy atom. The minimum absolute atomic E-state index is 0.00378. The van der Waals surface area contributed by atoms with Gasteiger partial charge in [0.05, 0.1) is 10.6 Å². The van der Waals surface area contributed by atoms with E-state index >= 15 is 0 Å². The lowest BCUT2D eigenvalue weighted by Crippen LogP contribution is -2.11. The lowest BCUT2D eigenvalue weighted by Gasteiger charge is -1.98. The van der Waals surface area contributed by atoms with Crippen LogP contribution >= 0.6 is 0 Å². The topological polar surface area (TPSA) is 139 Å². The number of nitrogens with one attached hydrogen (secondary N) is 1. The van der Waals surface area contributed by atoms with Gasteiger partial charge in [-0.15, -0.1) is 5.10 Å². The molecule has 0 fully saturated rings. The smallest absolute Gasteiger partial charge is 0.358 e. The molecule has 0 atom stereocenters. The lowest BCUT2D eigenvalue weighted by atomic mass is 10.2. The Morgan fingerprint density at radius 1 is 1.25 bits per heavy atom. The van der Waals surface area contributed by atoms with Crippen LogP contribution < -0.4 is 5.14 Å². The minimum Gasteiger partial charge on any atom is -0.476 e.